The van der Waals surface area contributed by atoms with E-state index in [4.69, 9.17) is 4.74 Å². The topological polar surface area (TPSA) is 70.7 Å². The minimum Gasteiger partial charge on any atom is -0.495 e. The molecule has 0 aromatic heterocycles. The van der Waals surface area contributed by atoms with Gasteiger partial charge in [-0.15, -0.1) is 12.4 Å². The fraction of sp³-hybridized carbons (Fsp3) is 0.467. The fourth-order valence-electron chi connectivity index (χ4n) is 2.18. The molecule has 2 rings (SSSR count). The molecule has 1 aliphatic rings. The van der Waals surface area contributed by atoms with E-state index in [2.05, 4.69) is 10.6 Å². The molecule has 0 unspecified atom stereocenters. The van der Waals surface area contributed by atoms with Crippen LogP contribution in [0.4, 0.5) is 5.69 Å². The van der Waals surface area contributed by atoms with Crippen molar-refractivity contribution in [2.75, 3.05) is 38.6 Å². The van der Waals surface area contributed by atoms with Gasteiger partial charge >= 0.3 is 0 Å². The predicted molar refractivity (Wildman–Crippen MR) is 87.5 cm³/mol. The van der Waals surface area contributed by atoms with Crippen molar-refractivity contribution >= 4 is 29.9 Å². The number of rotatable bonds is 6. The average Bonchev–Trinajstić information content (AvgIpc) is 2.43. The van der Waals surface area contributed by atoms with Gasteiger partial charge in [0, 0.05) is 19.6 Å². The first-order chi connectivity index (χ1) is 10.2. The lowest BCUT2D eigenvalue weighted by molar-refractivity contribution is -0.139. The maximum absolute atomic E-state index is 12.1. The lowest BCUT2D eigenvalue weighted by Crippen LogP contribution is -2.53. The van der Waals surface area contributed by atoms with Crippen LogP contribution in [0, 0.1) is 5.92 Å². The highest BCUT2D eigenvalue weighted by molar-refractivity contribution is 5.96. The van der Waals surface area contributed by atoms with Crippen molar-refractivity contribution in [1.29, 1.82) is 0 Å². The number of ether oxygens (including phenoxy) is 1. The standard InChI is InChI=1S/C15H21N3O3.ClH/c1-3-18(15(20)11-8-16-9-11)10-14(19)17-12-6-4-5-7-13(12)21-2;/h4-7,11,16H,3,8-10H2,1-2H3,(H,17,19);1H. The zero-order valence-electron chi connectivity index (χ0n) is 12.8. The molecule has 22 heavy (non-hydrogen) atoms. The first kappa shape index (κ1) is 18.3. The third kappa shape index (κ3) is 4.35. The Morgan fingerprint density at radius 2 is 2.05 bits per heavy atom. The van der Waals surface area contributed by atoms with E-state index in [1.165, 1.54) is 0 Å². The normalized spacial score (nSPS) is 13.5. The Bertz CT molecular complexity index is 521. The zero-order chi connectivity index (χ0) is 15.2. The summed E-state index contributed by atoms with van der Waals surface area (Å²) in [4.78, 5) is 25.8. The van der Waals surface area contributed by atoms with Gasteiger partial charge in [-0.1, -0.05) is 12.1 Å². The van der Waals surface area contributed by atoms with Crippen molar-refractivity contribution < 1.29 is 14.3 Å². The second kappa shape index (κ2) is 8.60. The Labute approximate surface area is 136 Å². The highest BCUT2D eigenvalue weighted by Gasteiger charge is 2.29. The van der Waals surface area contributed by atoms with Gasteiger partial charge in [0.25, 0.3) is 0 Å². The van der Waals surface area contributed by atoms with Crippen LogP contribution in [0.2, 0.25) is 0 Å². The minimum atomic E-state index is -0.220. The smallest absolute Gasteiger partial charge is 0.244 e. The third-order valence-electron chi connectivity index (χ3n) is 3.54. The highest BCUT2D eigenvalue weighted by atomic mass is 35.5. The Morgan fingerprint density at radius 3 is 2.59 bits per heavy atom. The Hall–Kier alpha value is -1.79. The molecule has 1 fully saturated rings. The van der Waals surface area contributed by atoms with Gasteiger partial charge < -0.3 is 20.3 Å². The van der Waals surface area contributed by atoms with Crippen molar-refractivity contribution in [2.45, 2.75) is 6.92 Å². The van der Waals surface area contributed by atoms with Crippen molar-refractivity contribution in [2.24, 2.45) is 5.92 Å². The van der Waals surface area contributed by atoms with Crippen LogP contribution in [0.25, 0.3) is 0 Å². The molecule has 0 atom stereocenters. The number of nitrogens with one attached hydrogen (secondary N) is 2. The Kier molecular flexibility index (Phi) is 7.14. The minimum absolute atomic E-state index is 0. The van der Waals surface area contributed by atoms with Gasteiger partial charge in [0.15, 0.2) is 0 Å². The van der Waals surface area contributed by atoms with Gasteiger partial charge in [-0.05, 0) is 19.1 Å². The SMILES string of the molecule is CCN(CC(=O)Nc1ccccc1OC)C(=O)C1CNC1.Cl. The summed E-state index contributed by atoms with van der Waals surface area (Å²) >= 11 is 0. The number of carbonyl (C=O) groups is 2. The lowest BCUT2D eigenvalue weighted by Gasteiger charge is -2.31. The molecule has 0 saturated carbocycles. The number of nitrogens with zero attached hydrogens (tertiary/aromatic N) is 1. The summed E-state index contributed by atoms with van der Waals surface area (Å²) in [7, 11) is 1.55. The van der Waals surface area contributed by atoms with E-state index in [0.717, 1.165) is 0 Å². The molecule has 0 radical (unpaired) electrons. The second-order valence-corrected chi connectivity index (χ2v) is 4.96. The highest BCUT2D eigenvalue weighted by Crippen LogP contribution is 2.22. The summed E-state index contributed by atoms with van der Waals surface area (Å²) in [5.74, 6) is 0.417. The Morgan fingerprint density at radius 1 is 1.36 bits per heavy atom. The van der Waals surface area contributed by atoms with Crippen LogP contribution in [0.15, 0.2) is 24.3 Å². The number of hydrogen-bond acceptors (Lipinski definition) is 4. The Balaban J connectivity index is 0.00000242. The van der Waals surface area contributed by atoms with Gasteiger partial charge in [0.1, 0.15) is 5.75 Å². The van der Waals surface area contributed by atoms with Crippen molar-refractivity contribution in [3.8, 4) is 5.75 Å². The third-order valence-corrected chi connectivity index (χ3v) is 3.54. The van der Waals surface area contributed by atoms with E-state index in [1.807, 2.05) is 19.1 Å². The number of amides is 2. The summed E-state index contributed by atoms with van der Waals surface area (Å²) < 4.78 is 5.19. The maximum atomic E-state index is 12.1. The molecule has 2 amide bonds. The van der Waals surface area contributed by atoms with Gasteiger partial charge in [-0.2, -0.15) is 0 Å². The number of halogens is 1. The summed E-state index contributed by atoms with van der Waals surface area (Å²) in [6, 6.07) is 7.20. The van der Waals surface area contributed by atoms with E-state index in [0.29, 0.717) is 31.1 Å². The van der Waals surface area contributed by atoms with Crippen LogP contribution >= 0.6 is 12.4 Å². The maximum Gasteiger partial charge on any atom is 0.244 e. The largest absolute Gasteiger partial charge is 0.495 e. The van der Waals surface area contributed by atoms with Crippen LogP contribution in [0.3, 0.4) is 0 Å². The monoisotopic (exact) mass is 327 g/mol. The molecule has 0 spiro atoms. The van der Waals surface area contributed by atoms with Crippen molar-refractivity contribution in [3.05, 3.63) is 24.3 Å². The van der Waals surface area contributed by atoms with Crippen LogP contribution in [0.5, 0.6) is 5.75 Å². The number of hydrogen-bond donors (Lipinski definition) is 2. The number of methoxy groups -OCH3 is 1. The summed E-state index contributed by atoms with van der Waals surface area (Å²) in [6.45, 7) is 3.85. The average molecular weight is 328 g/mol. The van der Waals surface area contributed by atoms with Crippen LogP contribution in [-0.4, -0.2) is 50.0 Å². The molecule has 1 saturated heterocycles. The van der Waals surface area contributed by atoms with Crippen LogP contribution in [-0.2, 0) is 9.59 Å². The number of carbonyl (C=O) groups excluding carboxylic acids is 2. The number of benzene rings is 1. The van der Waals surface area contributed by atoms with Crippen molar-refractivity contribution in [1.82, 2.24) is 10.2 Å². The molecule has 1 heterocycles. The molecule has 7 heteroatoms. The number of anilines is 1. The zero-order valence-corrected chi connectivity index (χ0v) is 13.6. The first-order valence-electron chi connectivity index (χ1n) is 7.08. The molecule has 1 aromatic carbocycles. The lowest BCUT2D eigenvalue weighted by atomic mass is 10.0. The molecular weight excluding hydrogens is 306 g/mol. The molecule has 1 aliphatic heterocycles. The molecule has 0 bridgehead atoms. The number of likely N-dealkylation sites (N-methyl/N-ethyl adjacent to an activating group) is 1. The molecule has 1 aromatic rings. The van der Waals surface area contributed by atoms with Crippen LogP contribution < -0.4 is 15.4 Å². The first-order valence-corrected chi connectivity index (χ1v) is 7.08. The fourth-order valence-corrected chi connectivity index (χ4v) is 2.18. The van der Waals surface area contributed by atoms with Crippen LogP contribution in [0.1, 0.15) is 6.92 Å². The van der Waals surface area contributed by atoms with Gasteiger partial charge in [0.05, 0.1) is 25.3 Å². The summed E-state index contributed by atoms with van der Waals surface area (Å²) in [5, 5.41) is 5.85. The van der Waals surface area contributed by atoms with Gasteiger partial charge in [-0.3, -0.25) is 9.59 Å². The number of para-hydroxylation sites is 2. The molecule has 6 nitrogen and oxygen atoms in total. The summed E-state index contributed by atoms with van der Waals surface area (Å²) in [6.07, 6.45) is 0. The van der Waals surface area contributed by atoms with Crippen molar-refractivity contribution in [3.63, 3.8) is 0 Å². The van der Waals surface area contributed by atoms with E-state index in [-0.39, 0.29) is 36.7 Å². The predicted octanol–water partition coefficient (Wildman–Crippen LogP) is 1.12. The van der Waals surface area contributed by atoms with Gasteiger partial charge in [0.2, 0.25) is 11.8 Å². The van der Waals surface area contributed by atoms with E-state index in [1.54, 1.807) is 24.1 Å². The van der Waals surface area contributed by atoms with E-state index < -0.39 is 0 Å². The van der Waals surface area contributed by atoms with Gasteiger partial charge in [-0.25, -0.2) is 0 Å². The summed E-state index contributed by atoms with van der Waals surface area (Å²) in [5.41, 5.74) is 0.610. The van der Waals surface area contributed by atoms with E-state index in [9.17, 15) is 9.59 Å². The molecular formula is C15H22ClN3O3. The molecule has 122 valence electrons. The second-order valence-electron chi connectivity index (χ2n) is 4.96. The molecule has 2 N–H and O–H groups in total. The quantitative estimate of drug-likeness (QED) is 0.821. The molecule has 0 aliphatic carbocycles. The van der Waals surface area contributed by atoms with E-state index >= 15 is 0 Å².